The van der Waals surface area contributed by atoms with Gasteiger partial charge in [0.2, 0.25) is 0 Å². The van der Waals surface area contributed by atoms with Gasteiger partial charge < -0.3 is 10.5 Å². The lowest BCUT2D eigenvalue weighted by Gasteiger charge is -2.44. The predicted molar refractivity (Wildman–Crippen MR) is 64.2 cm³/mol. The van der Waals surface area contributed by atoms with Gasteiger partial charge in [-0.15, -0.1) is 0 Å². The van der Waals surface area contributed by atoms with Crippen LogP contribution >= 0.6 is 0 Å². The molecule has 1 aliphatic carbocycles. The van der Waals surface area contributed by atoms with E-state index >= 15 is 0 Å². The standard InChI is InChI=1S/C13H24N2O/c14-9-13(5-2-6-16-10-13)15-7-11-3-1-4-12(11)8-15/h11-12H,1-10,14H2. The van der Waals surface area contributed by atoms with Crippen LogP contribution in [0.1, 0.15) is 32.1 Å². The van der Waals surface area contributed by atoms with E-state index in [4.69, 9.17) is 10.5 Å². The number of hydrogen-bond donors (Lipinski definition) is 1. The van der Waals surface area contributed by atoms with Crippen molar-refractivity contribution in [1.29, 1.82) is 0 Å². The summed E-state index contributed by atoms with van der Waals surface area (Å²) in [7, 11) is 0. The molecule has 2 saturated heterocycles. The summed E-state index contributed by atoms with van der Waals surface area (Å²) in [5, 5.41) is 0. The van der Waals surface area contributed by atoms with Crippen molar-refractivity contribution < 1.29 is 4.74 Å². The van der Waals surface area contributed by atoms with E-state index in [1.807, 2.05) is 0 Å². The van der Waals surface area contributed by atoms with Crippen LogP contribution in [0.25, 0.3) is 0 Å². The van der Waals surface area contributed by atoms with Crippen LogP contribution in [0.4, 0.5) is 0 Å². The second kappa shape index (κ2) is 4.28. The fourth-order valence-electron chi connectivity index (χ4n) is 4.00. The minimum atomic E-state index is 0.183. The first kappa shape index (κ1) is 11.0. The van der Waals surface area contributed by atoms with Crippen molar-refractivity contribution in [3.63, 3.8) is 0 Å². The Balaban J connectivity index is 1.71. The molecule has 0 spiro atoms. The Morgan fingerprint density at radius 2 is 1.94 bits per heavy atom. The molecule has 3 fully saturated rings. The number of nitrogens with zero attached hydrogens (tertiary/aromatic N) is 1. The highest BCUT2D eigenvalue weighted by Gasteiger charge is 2.45. The molecule has 0 aromatic carbocycles. The maximum Gasteiger partial charge on any atom is 0.0662 e. The van der Waals surface area contributed by atoms with Gasteiger partial charge in [-0.2, -0.15) is 0 Å². The molecule has 0 amide bonds. The van der Waals surface area contributed by atoms with Gasteiger partial charge in [0.1, 0.15) is 0 Å². The maximum atomic E-state index is 6.05. The van der Waals surface area contributed by atoms with Crippen LogP contribution in [0.15, 0.2) is 0 Å². The first-order valence-corrected chi connectivity index (χ1v) is 6.87. The number of likely N-dealkylation sites (tertiary alicyclic amines) is 1. The molecule has 3 rings (SSSR count). The normalized spacial score (nSPS) is 44.8. The maximum absolute atomic E-state index is 6.05. The number of rotatable bonds is 2. The number of nitrogens with two attached hydrogens (primary N) is 1. The third kappa shape index (κ3) is 1.69. The monoisotopic (exact) mass is 224 g/mol. The summed E-state index contributed by atoms with van der Waals surface area (Å²) in [6.45, 7) is 5.13. The van der Waals surface area contributed by atoms with Gasteiger partial charge in [-0.05, 0) is 37.5 Å². The van der Waals surface area contributed by atoms with E-state index in [0.29, 0.717) is 0 Å². The lowest BCUT2D eigenvalue weighted by atomic mass is 9.90. The molecule has 16 heavy (non-hydrogen) atoms. The molecular formula is C13H24N2O. The Hall–Kier alpha value is -0.120. The van der Waals surface area contributed by atoms with Gasteiger partial charge in [0, 0.05) is 26.2 Å². The zero-order valence-electron chi connectivity index (χ0n) is 10.2. The minimum Gasteiger partial charge on any atom is -0.379 e. The molecule has 2 N–H and O–H groups in total. The van der Waals surface area contributed by atoms with Crippen molar-refractivity contribution in [3.8, 4) is 0 Å². The highest BCUT2D eigenvalue weighted by Crippen LogP contribution is 2.41. The Bertz CT molecular complexity index is 238. The van der Waals surface area contributed by atoms with Crippen LogP contribution in [0.5, 0.6) is 0 Å². The summed E-state index contributed by atoms with van der Waals surface area (Å²) in [5.41, 5.74) is 6.23. The second-order valence-electron chi connectivity index (χ2n) is 5.94. The molecular weight excluding hydrogens is 200 g/mol. The highest BCUT2D eigenvalue weighted by atomic mass is 16.5. The molecule has 0 aromatic heterocycles. The number of hydrogen-bond acceptors (Lipinski definition) is 3. The largest absolute Gasteiger partial charge is 0.379 e. The molecule has 0 aromatic rings. The number of ether oxygens (including phenoxy) is 1. The molecule has 0 radical (unpaired) electrons. The fourth-order valence-corrected chi connectivity index (χ4v) is 4.00. The van der Waals surface area contributed by atoms with Gasteiger partial charge >= 0.3 is 0 Å². The summed E-state index contributed by atoms with van der Waals surface area (Å²) in [6.07, 6.45) is 6.77. The van der Waals surface area contributed by atoms with E-state index in [1.165, 1.54) is 45.2 Å². The summed E-state index contributed by atoms with van der Waals surface area (Å²) in [6, 6.07) is 0. The predicted octanol–water partition coefficient (Wildman–Crippen LogP) is 1.23. The van der Waals surface area contributed by atoms with Gasteiger partial charge in [-0.1, -0.05) is 6.42 Å². The van der Waals surface area contributed by atoms with Gasteiger partial charge in [0.05, 0.1) is 12.1 Å². The van der Waals surface area contributed by atoms with Crippen LogP contribution in [0.3, 0.4) is 0 Å². The van der Waals surface area contributed by atoms with Gasteiger partial charge in [-0.3, -0.25) is 4.90 Å². The van der Waals surface area contributed by atoms with Crippen molar-refractivity contribution >= 4 is 0 Å². The lowest BCUT2D eigenvalue weighted by molar-refractivity contribution is -0.0384. The van der Waals surface area contributed by atoms with E-state index in [9.17, 15) is 0 Å². The average molecular weight is 224 g/mol. The highest BCUT2D eigenvalue weighted by molar-refractivity contribution is 5.00. The van der Waals surface area contributed by atoms with Crippen LogP contribution in [-0.2, 0) is 4.74 Å². The molecule has 1 saturated carbocycles. The molecule has 2 heterocycles. The van der Waals surface area contributed by atoms with Gasteiger partial charge in [0.15, 0.2) is 0 Å². The molecule has 3 unspecified atom stereocenters. The van der Waals surface area contributed by atoms with Crippen LogP contribution in [0, 0.1) is 11.8 Å². The number of fused-ring (bicyclic) bond motifs is 1. The second-order valence-corrected chi connectivity index (χ2v) is 5.94. The van der Waals surface area contributed by atoms with Crippen molar-refractivity contribution in [3.05, 3.63) is 0 Å². The van der Waals surface area contributed by atoms with Gasteiger partial charge in [0.25, 0.3) is 0 Å². The zero-order chi connectivity index (χ0) is 11.0. The Kier molecular flexibility index (Phi) is 2.94. The minimum absolute atomic E-state index is 0.183. The third-order valence-corrected chi connectivity index (χ3v) is 5.08. The first-order chi connectivity index (χ1) is 7.84. The zero-order valence-corrected chi connectivity index (χ0v) is 10.2. The summed E-state index contributed by atoms with van der Waals surface area (Å²) >= 11 is 0. The molecule has 3 atom stereocenters. The molecule has 2 aliphatic heterocycles. The van der Waals surface area contributed by atoms with E-state index in [-0.39, 0.29) is 5.54 Å². The lowest BCUT2D eigenvalue weighted by Crippen LogP contribution is -2.58. The Morgan fingerprint density at radius 3 is 2.50 bits per heavy atom. The Morgan fingerprint density at radius 1 is 1.19 bits per heavy atom. The topological polar surface area (TPSA) is 38.5 Å². The Labute approximate surface area is 98.3 Å². The summed E-state index contributed by atoms with van der Waals surface area (Å²) in [4.78, 5) is 2.67. The van der Waals surface area contributed by atoms with Gasteiger partial charge in [-0.25, -0.2) is 0 Å². The summed E-state index contributed by atoms with van der Waals surface area (Å²) < 4.78 is 5.69. The summed E-state index contributed by atoms with van der Waals surface area (Å²) in [5.74, 6) is 1.93. The van der Waals surface area contributed by atoms with Crippen molar-refractivity contribution in [1.82, 2.24) is 4.90 Å². The fraction of sp³-hybridized carbons (Fsp3) is 1.00. The van der Waals surface area contributed by atoms with E-state index in [2.05, 4.69) is 4.90 Å². The molecule has 3 nitrogen and oxygen atoms in total. The smallest absolute Gasteiger partial charge is 0.0662 e. The van der Waals surface area contributed by atoms with E-state index < -0.39 is 0 Å². The van der Waals surface area contributed by atoms with Crippen molar-refractivity contribution in [2.45, 2.75) is 37.6 Å². The SMILES string of the molecule is NCC1(N2CC3CCCC3C2)CCCOC1. The third-order valence-electron chi connectivity index (χ3n) is 5.08. The van der Waals surface area contributed by atoms with Crippen LogP contribution < -0.4 is 5.73 Å². The van der Waals surface area contributed by atoms with Crippen molar-refractivity contribution in [2.75, 3.05) is 32.8 Å². The first-order valence-electron chi connectivity index (χ1n) is 6.87. The van der Waals surface area contributed by atoms with E-state index in [0.717, 1.165) is 31.6 Å². The van der Waals surface area contributed by atoms with Crippen LogP contribution in [-0.4, -0.2) is 43.3 Å². The van der Waals surface area contributed by atoms with Crippen molar-refractivity contribution in [2.24, 2.45) is 17.6 Å². The van der Waals surface area contributed by atoms with E-state index in [1.54, 1.807) is 0 Å². The molecule has 3 heteroatoms. The molecule has 92 valence electrons. The molecule has 3 aliphatic rings. The van der Waals surface area contributed by atoms with Crippen LogP contribution in [0.2, 0.25) is 0 Å². The molecule has 0 bridgehead atoms. The quantitative estimate of drug-likeness (QED) is 0.766. The average Bonchev–Trinajstić information content (AvgIpc) is 2.90.